The van der Waals surface area contributed by atoms with Gasteiger partial charge in [-0.1, -0.05) is 0 Å². The van der Waals surface area contributed by atoms with Crippen molar-refractivity contribution in [3.05, 3.63) is 24.0 Å². The Balaban J connectivity index is 2.53. The smallest absolute Gasteiger partial charge is 0.267 e. The number of anilines is 1. The van der Waals surface area contributed by atoms with Crippen LogP contribution in [0.2, 0.25) is 0 Å². The van der Waals surface area contributed by atoms with E-state index in [1.165, 1.54) is 0 Å². The van der Waals surface area contributed by atoms with Crippen LogP contribution < -0.4 is 10.6 Å². The summed E-state index contributed by atoms with van der Waals surface area (Å²) in [5.74, 6) is -0.513. The number of rotatable bonds is 7. The largest absolute Gasteiger partial charge is 0.396 e. The van der Waals surface area contributed by atoms with Crippen LogP contribution in [-0.4, -0.2) is 36.2 Å². The van der Waals surface area contributed by atoms with Crippen molar-refractivity contribution in [2.75, 3.05) is 25.1 Å². The molecule has 0 unspecified atom stereocenters. The molecule has 94 valence electrons. The quantitative estimate of drug-likeness (QED) is 0.687. The molecule has 0 atom stereocenters. The van der Waals surface area contributed by atoms with Crippen LogP contribution in [0.25, 0.3) is 0 Å². The summed E-state index contributed by atoms with van der Waals surface area (Å²) in [7, 11) is 1.96. The van der Waals surface area contributed by atoms with Crippen LogP contribution in [0.15, 0.2) is 18.3 Å². The van der Waals surface area contributed by atoms with E-state index < -0.39 is 5.91 Å². The van der Waals surface area contributed by atoms with Crippen LogP contribution in [0.4, 0.5) is 5.69 Å². The Morgan fingerprint density at radius 2 is 2.24 bits per heavy atom. The summed E-state index contributed by atoms with van der Waals surface area (Å²) in [6.45, 7) is 1.12. The predicted octanol–water partition coefficient (Wildman–Crippen LogP) is 0.779. The molecule has 1 aromatic heterocycles. The van der Waals surface area contributed by atoms with E-state index in [1.807, 2.05) is 18.0 Å². The van der Waals surface area contributed by atoms with Crippen molar-refractivity contribution in [3.63, 3.8) is 0 Å². The van der Waals surface area contributed by atoms with Gasteiger partial charge >= 0.3 is 0 Å². The molecule has 1 rings (SSSR count). The van der Waals surface area contributed by atoms with E-state index in [0.717, 1.165) is 31.5 Å². The lowest BCUT2D eigenvalue weighted by molar-refractivity contribution is 0.0995. The van der Waals surface area contributed by atoms with Gasteiger partial charge in [0.1, 0.15) is 5.69 Å². The number of pyridine rings is 1. The molecule has 3 N–H and O–H groups in total. The first-order valence-corrected chi connectivity index (χ1v) is 5.73. The molecule has 1 heterocycles. The first-order valence-electron chi connectivity index (χ1n) is 5.73. The molecule has 5 heteroatoms. The fourth-order valence-corrected chi connectivity index (χ4v) is 1.56. The molecule has 0 spiro atoms. The Labute approximate surface area is 101 Å². The van der Waals surface area contributed by atoms with Crippen molar-refractivity contribution >= 4 is 11.6 Å². The standard InChI is InChI=1S/C12H19N3O2/c1-15(7-3-2-4-8-16)10-5-6-14-11(9-10)12(13)17/h5-6,9,16H,2-4,7-8H2,1H3,(H2,13,17). The molecule has 0 aliphatic carbocycles. The fourth-order valence-electron chi connectivity index (χ4n) is 1.56. The summed E-state index contributed by atoms with van der Waals surface area (Å²) in [6, 6.07) is 3.53. The van der Waals surface area contributed by atoms with Crippen molar-refractivity contribution in [2.24, 2.45) is 5.73 Å². The first kappa shape index (κ1) is 13.4. The minimum Gasteiger partial charge on any atom is -0.396 e. The van der Waals surface area contributed by atoms with Gasteiger partial charge in [0.2, 0.25) is 0 Å². The third-order valence-electron chi connectivity index (χ3n) is 2.59. The van der Waals surface area contributed by atoms with Crippen molar-refractivity contribution in [3.8, 4) is 0 Å². The molecular weight excluding hydrogens is 218 g/mol. The van der Waals surface area contributed by atoms with Crippen LogP contribution in [0.5, 0.6) is 0 Å². The number of carbonyl (C=O) groups excluding carboxylic acids is 1. The Morgan fingerprint density at radius 3 is 2.88 bits per heavy atom. The van der Waals surface area contributed by atoms with Crippen molar-refractivity contribution in [2.45, 2.75) is 19.3 Å². The number of amides is 1. The Morgan fingerprint density at radius 1 is 1.47 bits per heavy atom. The maximum Gasteiger partial charge on any atom is 0.267 e. The normalized spacial score (nSPS) is 10.2. The monoisotopic (exact) mass is 237 g/mol. The number of unbranched alkanes of at least 4 members (excludes halogenated alkanes) is 2. The second-order valence-electron chi connectivity index (χ2n) is 3.97. The molecule has 5 nitrogen and oxygen atoms in total. The van der Waals surface area contributed by atoms with Gasteiger partial charge in [0, 0.05) is 32.1 Å². The van der Waals surface area contributed by atoms with E-state index in [-0.39, 0.29) is 12.3 Å². The lowest BCUT2D eigenvalue weighted by Crippen LogP contribution is -2.20. The molecule has 0 saturated heterocycles. The lowest BCUT2D eigenvalue weighted by Gasteiger charge is -2.19. The Kier molecular flexibility index (Phi) is 5.42. The highest BCUT2D eigenvalue weighted by Gasteiger charge is 2.05. The van der Waals surface area contributed by atoms with Gasteiger partial charge in [-0.3, -0.25) is 9.78 Å². The number of nitrogens with zero attached hydrogens (tertiary/aromatic N) is 2. The molecule has 0 radical (unpaired) electrons. The molecule has 0 fully saturated rings. The van der Waals surface area contributed by atoms with Crippen LogP contribution in [-0.2, 0) is 0 Å². The summed E-state index contributed by atoms with van der Waals surface area (Å²) in [5.41, 5.74) is 6.39. The molecule has 1 amide bonds. The van der Waals surface area contributed by atoms with Gasteiger partial charge in [0.15, 0.2) is 0 Å². The SMILES string of the molecule is CN(CCCCCO)c1ccnc(C(N)=O)c1. The number of aromatic nitrogens is 1. The van der Waals surface area contributed by atoms with Gasteiger partial charge in [-0.2, -0.15) is 0 Å². The number of nitrogens with two attached hydrogens (primary N) is 1. The number of aliphatic hydroxyl groups is 1. The van der Waals surface area contributed by atoms with E-state index in [2.05, 4.69) is 4.98 Å². The van der Waals surface area contributed by atoms with Crippen molar-refractivity contribution in [1.29, 1.82) is 0 Å². The molecule has 17 heavy (non-hydrogen) atoms. The summed E-state index contributed by atoms with van der Waals surface area (Å²) in [6.07, 6.45) is 4.41. The molecule has 0 saturated carbocycles. The van der Waals surface area contributed by atoms with Gasteiger partial charge in [0.25, 0.3) is 5.91 Å². The Hall–Kier alpha value is -1.62. The number of hydrogen-bond acceptors (Lipinski definition) is 4. The van der Waals surface area contributed by atoms with Gasteiger partial charge in [-0.05, 0) is 31.4 Å². The predicted molar refractivity (Wildman–Crippen MR) is 67.0 cm³/mol. The summed E-state index contributed by atoms with van der Waals surface area (Å²) >= 11 is 0. The lowest BCUT2D eigenvalue weighted by atomic mass is 10.2. The third kappa shape index (κ3) is 4.40. The van der Waals surface area contributed by atoms with E-state index in [4.69, 9.17) is 10.8 Å². The maximum atomic E-state index is 11.0. The van der Waals surface area contributed by atoms with Crippen LogP contribution >= 0.6 is 0 Å². The van der Waals surface area contributed by atoms with E-state index in [1.54, 1.807) is 12.3 Å². The van der Waals surface area contributed by atoms with Gasteiger partial charge in [-0.25, -0.2) is 0 Å². The maximum absolute atomic E-state index is 11.0. The molecule has 0 aliphatic rings. The number of carbonyl (C=O) groups is 1. The minimum absolute atomic E-state index is 0.241. The van der Waals surface area contributed by atoms with E-state index >= 15 is 0 Å². The van der Waals surface area contributed by atoms with E-state index in [0.29, 0.717) is 0 Å². The fraction of sp³-hybridized carbons (Fsp3) is 0.500. The molecular formula is C12H19N3O2. The highest BCUT2D eigenvalue weighted by Crippen LogP contribution is 2.13. The topological polar surface area (TPSA) is 79.4 Å². The van der Waals surface area contributed by atoms with Gasteiger partial charge < -0.3 is 15.7 Å². The minimum atomic E-state index is -0.513. The third-order valence-corrected chi connectivity index (χ3v) is 2.59. The summed E-state index contributed by atoms with van der Waals surface area (Å²) in [4.78, 5) is 16.9. The number of aliphatic hydroxyl groups excluding tert-OH is 1. The number of hydrogen-bond donors (Lipinski definition) is 2. The summed E-state index contributed by atoms with van der Waals surface area (Å²) in [5, 5.41) is 8.67. The molecule has 1 aromatic rings. The van der Waals surface area contributed by atoms with Crippen molar-refractivity contribution < 1.29 is 9.90 Å². The zero-order chi connectivity index (χ0) is 12.7. The van der Waals surface area contributed by atoms with Crippen LogP contribution in [0, 0.1) is 0 Å². The number of primary amides is 1. The second-order valence-corrected chi connectivity index (χ2v) is 3.97. The van der Waals surface area contributed by atoms with Gasteiger partial charge in [-0.15, -0.1) is 0 Å². The molecule has 0 aromatic carbocycles. The average Bonchev–Trinajstić information content (AvgIpc) is 2.34. The molecule has 0 aliphatic heterocycles. The van der Waals surface area contributed by atoms with Crippen LogP contribution in [0.1, 0.15) is 29.8 Å². The van der Waals surface area contributed by atoms with Gasteiger partial charge in [0.05, 0.1) is 0 Å². The highest BCUT2D eigenvalue weighted by molar-refractivity contribution is 5.91. The molecule has 0 bridgehead atoms. The average molecular weight is 237 g/mol. The van der Waals surface area contributed by atoms with E-state index in [9.17, 15) is 4.79 Å². The zero-order valence-electron chi connectivity index (χ0n) is 10.1. The van der Waals surface area contributed by atoms with Crippen molar-refractivity contribution in [1.82, 2.24) is 4.98 Å². The Bertz CT molecular complexity index is 369. The second kappa shape index (κ2) is 6.85. The first-order chi connectivity index (χ1) is 8.15. The highest BCUT2D eigenvalue weighted by atomic mass is 16.2. The van der Waals surface area contributed by atoms with Crippen LogP contribution in [0.3, 0.4) is 0 Å². The zero-order valence-corrected chi connectivity index (χ0v) is 10.1. The summed E-state index contributed by atoms with van der Waals surface area (Å²) < 4.78 is 0.